The number of carbonyl (C=O) groups is 1. The molecule has 1 amide bonds. The molecule has 0 aromatic heterocycles. The number of hydrogen-bond donors (Lipinski definition) is 1. The molecule has 0 spiro atoms. The molecular formula is C6H8F3N2O2-. The van der Waals surface area contributed by atoms with Crippen molar-refractivity contribution >= 4 is 6.09 Å². The summed E-state index contributed by atoms with van der Waals surface area (Å²) >= 11 is 0. The molecule has 0 radical (unpaired) electrons. The van der Waals surface area contributed by atoms with Gasteiger partial charge in [0.25, 0.3) is 0 Å². The number of amides is 1. The smallest absolute Gasteiger partial charge is 0.391 e. The summed E-state index contributed by atoms with van der Waals surface area (Å²) in [5.74, 6) is 0. The van der Waals surface area contributed by atoms with E-state index in [1.165, 1.54) is 0 Å². The highest BCUT2D eigenvalue weighted by molar-refractivity contribution is 5.63. The number of alkyl halides is 3. The Balaban J connectivity index is 2.54. The Morgan fingerprint density at radius 1 is 1.62 bits per heavy atom. The summed E-state index contributed by atoms with van der Waals surface area (Å²) in [5, 5.41) is 12.8. The summed E-state index contributed by atoms with van der Waals surface area (Å²) in [5.41, 5.74) is 0. The fourth-order valence-corrected chi connectivity index (χ4v) is 1.25. The first-order valence-corrected chi connectivity index (χ1v) is 3.65. The van der Waals surface area contributed by atoms with E-state index in [4.69, 9.17) is 0 Å². The van der Waals surface area contributed by atoms with Crippen LogP contribution in [0.15, 0.2) is 0 Å². The van der Waals surface area contributed by atoms with Crippen LogP contribution in [0, 0.1) is 0 Å². The van der Waals surface area contributed by atoms with Crippen molar-refractivity contribution in [2.45, 2.75) is 18.6 Å². The van der Waals surface area contributed by atoms with Crippen LogP contribution >= 0.6 is 0 Å². The van der Waals surface area contributed by atoms with Crippen LogP contribution in [0.5, 0.6) is 0 Å². The van der Waals surface area contributed by atoms with E-state index >= 15 is 0 Å². The first kappa shape index (κ1) is 10.1. The lowest BCUT2D eigenvalue weighted by Gasteiger charge is -2.26. The molecule has 1 unspecified atom stereocenters. The van der Waals surface area contributed by atoms with Crippen molar-refractivity contribution in [3.05, 3.63) is 0 Å². The lowest BCUT2D eigenvalue weighted by Crippen LogP contribution is -2.46. The Labute approximate surface area is 72.3 Å². The molecule has 1 heterocycles. The Kier molecular flexibility index (Phi) is 2.65. The first-order chi connectivity index (χ1) is 5.90. The van der Waals surface area contributed by atoms with Gasteiger partial charge in [-0.2, -0.15) is 13.2 Å². The van der Waals surface area contributed by atoms with Crippen molar-refractivity contribution in [1.82, 2.24) is 10.2 Å². The largest absolute Gasteiger partial charge is 0.530 e. The Morgan fingerprint density at radius 2 is 2.23 bits per heavy atom. The summed E-state index contributed by atoms with van der Waals surface area (Å²) in [7, 11) is 0. The summed E-state index contributed by atoms with van der Waals surface area (Å²) in [6.45, 7) is -0.0728. The van der Waals surface area contributed by atoms with Gasteiger partial charge in [-0.15, -0.1) is 0 Å². The van der Waals surface area contributed by atoms with Gasteiger partial charge in [-0.3, -0.25) is 5.32 Å². The van der Waals surface area contributed by atoms with Gasteiger partial charge in [0.2, 0.25) is 0 Å². The van der Waals surface area contributed by atoms with Crippen molar-refractivity contribution in [3.8, 4) is 0 Å². The lowest BCUT2D eigenvalue weighted by atomic mass is 10.2. The topological polar surface area (TPSA) is 55.4 Å². The molecule has 0 aromatic rings. The second-order valence-electron chi connectivity index (χ2n) is 2.82. The molecule has 0 bridgehead atoms. The minimum Gasteiger partial charge on any atom is -0.530 e. The minimum absolute atomic E-state index is 0.0213. The maximum Gasteiger partial charge on any atom is 0.391 e. The van der Waals surface area contributed by atoms with Crippen molar-refractivity contribution in [2.75, 3.05) is 13.2 Å². The van der Waals surface area contributed by atoms with Crippen LogP contribution in [0.3, 0.4) is 0 Å². The van der Waals surface area contributed by atoms with Gasteiger partial charge in [0.05, 0.1) is 19.1 Å². The second kappa shape index (κ2) is 3.41. The number of nitrogens with zero attached hydrogens (tertiary/aromatic N) is 1. The van der Waals surface area contributed by atoms with Gasteiger partial charge in [0, 0.05) is 6.54 Å². The standard InChI is InChI=1S/C6H9F3N2O2/c7-6(8,9)1-4-2-10-3-11(4)5(12)13/h4,10H,1-3H2,(H,12,13)/p-1. The van der Waals surface area contributed by atoms with Gasteiger partial charge < -0.3 is 14.8 Å². The van der Waals surface area contributed by atoms with E-state index in [2.05, 4.69) is 5.32 Å². The number of halogens is 3. The molecule has 13 heavy (non-hydrogen) atoms. The third-order valence-electron chi connectivity index (χ3n) is 1.80. The molecule has 0 aromatic carbocycles. The fraction of sp³-hybridized carbons (Fsp3) is 0.833. The maximum atomic E-state index is 11.9. The monoisotopic (exact) mass is 197 g/mol. The molecule has 1 fully saturated rings. The normalized spacial score (nSPS) is 23.6. The molecule has 1 atom stereocenters. The third-order valence-corrected chi connectivity index (χ3v) is 1.80. The zero-order valence-electron chi connectivity index (χ0n) is 6.60. The summed E-state index contributed by atoms with van der Waals surface area (Å²) in [4.78, 5) is 11.0. The molecule has 1 aliphatic heterocycles. The highest BCUT2D eigenvalue weighted by Gasteiger charge is 2.36. The predicted octanol–water partition coefficient (Wildman–Crippen LogP) is -0.487. The van der Waals surface area contributed by atoms with Crippen LogP contribution in [-0.2, 0) is 0 Å². The number of hydrogen-bond acceptors (Lipinski definition) is 3. The van der Waals surface area contributed by atoms with Crippen LogP contribution in [-0.4, -0.2) is 36.4 Å². The van der Waals surface area contributed by atoms with Gasteiger partial charge in [0.15, 0.2) is 0 Å². The van der Waals surface area contributed by atoms with E-state index in [1.807, 2.05) is 0 Å². The van der Waals surface area contributed by atoms with E-state index in [9.17, 15) is 23.1 Å². The molecule has 1 N–H and O–H groups in total. The molecule has 7 heteroatoms. The van der Waals surface area contributed by atoms with E-state index in [0.717, 1.165) is 0 Å². The number of rotatable bonds is 1. The average Bonchev–Trinajstić information content (AvgIpc) is 2.31. The molecule has 0 saturated carbocycles. The summed E-state index contributed by atoms with van der Waals surface area (Å²) in [6, 6.07) is -1.05. The molecule has 0 aliphatic carbocycles. The quantitative estimate of drug-likeness (QED) is 0.617. The number of carbonyl (C=O) groups excluding carboxylic acids is 1. The molecule has 4 nitrogen and oxygen atoms in total. The van der Waals surface area contributed by atoms with Crippen molar-refractivity contribution < 1.29 is 23.1 Å². The van der Waals surface area contributed by atoms with Gasteiger partial charge in [-0.25, -0.2) is 0 Å². The van der Waals surface area contributed by atoms with Crippen LogP contribution in [0.25, 0.3) is 0 Å². The molecular weight excluding hydrogens is 189 g/mol. The average molecular weight is 197 g/mol. The van der Waals surface area contributed by atoms with Crippen molar-refractivity contribution in [3.63, 3.8) is 0 Å². The van der Waals surface area contributed by atoms with Crippen LogP contribution < -0.4 is 10.4 Å². The van der Waals surface area contributed by atoms with Gasteiger partial charge in [0.1, 0.15) is 6.09 Å². The Hall–Kier alpha value is -0.980. The minimum atomic E-state index is -4.34. The second-order valence-corrected chi connectivity index (χ2v) is 2.82. The van der Waals surface area contributed by atoms with Gasteiger partial charge in [-0.1, -0.05) is 0 Å². The summed E-state index contributed by atoms with van der Waals surface area (Å²) < 4.78 is 35.6. The number of nitrogens with one attached hydrogen (secondary N) is 1. The SMILES string of the molecule is O=C([O-])N1CNCC1CC(F)(F)F. The Bertz CT molecular complexity index is 207. The van der Waals surface area contributed by atoms with Gasteiger partial charge in [-0.05, 0) is 0 Å². The molecule has 1 rings (SSSR count). The third kappa shape index (κ3) is 2.76. The highest BCUT2D eigenvalue weighted by Crippen LogP contribution is 2.24. The molecule has 76 valence electrons. The number of carboxylic acid groups (broad SMARTS) is 1. The van der Waals surface area contributed by atoms with Crippen LogP contribution in [0.2, 0.25) is 0 Å². The highest BCUT2D eigenvalue weighted by atomic mass is 19.4. The van der Waals surface area contributed by atoms with Crippen LogP contribution in [0.1, 0.15) is 6.42 Å². The maximum absolute atomic E-state index is 11.9. The van der Waals surface area contributed by atoms with E-state index < -0.39 is 24.7 Å². The lowest BCUT2D eigenvalue weighted by molar-refractivity contribution is -0.267. The van der Waals surface area contributed by atoms with Crippen LogP contribution in [0.4, 0.5) is 18.0 Å². The Morgan fingerprint density at radius 3 is 2.69 bits per heavy atom. The fourth-order valence-electron chi connectivity index (χ4n) is 1.25. The zero-order chi connectivity index (χ0) is 10.1. The van der Waals surface area contributed by atoms with Crippen molar-refractivity contribution in [2.24, 2.45) is 0 Å². The summed E-state index contributed by atoms with van der Waals surface area (Å²) in [6.07, 6.45) is -7.04. The first-order valence-electron chi connectivity index (χ1n) is 3.65. The van der Waals surface area contributed by atoms with Crippen molar-refractivity contribution in [1.29, 1.82) is 0 Å². The predicted molar refractivity (Wildman–Crippen MR) is 34.6 cm³/mol. The van der Waals surface area contributed by atoms with Gasteiger partial charge >= 0.3 is 6.18 Å². The molecule has 1 saturated heterocycles. The van der Waals surface area contributed by atoms with E-state index in [1.54, 1.807) is 0 Å². The van der Waals surface area contributed by atoms with E-state index in [-0.39, 0.29) is 13.2 Å². The zero-order valence-corrected chi connectivity index (χ0v) is 6.60. The molecule has 1 aliphatic rings. The van der Waals surface area contributed by atoms with E-state index in [0.29, 0.717) is 4.90 Å².